The number of unbranched alkanes of at least 4 members (excludes halogenated alkanes) is 3. The van der Waals surface area contributed by atoms with Gasteiger partial charge in [-0.2, -0.15) is 0 Å². The van der Waals surface area contributed by atoms with Gasteiger partial charge in [-0.3, -0.25) is 43.7 Å². The van der Waals surface area contributed by atoms with Crippen molar-refractivity contribution < 1.29 is 28.8 Å². The Labute approximate surface area is 425 Å². The highest BCUT2D eigenvalue weighted by molar-refractivity contribution is 6.03. The highest BCUT2D eigenvalue weighted by Crippen LogP contribution is 2.34. The predicted octanol–water partition coefficient (Wildman–Crippen LogP) is 5.65. The van der Waals surface area contributed by atoms with E-state index in [-0.39, 0.29) is 23.6 Å². The Kier molecular flexibility index (Phi) is 21.2. The quantitative estimate of drug-likeness (QED) is 0.0224. The van der Waals surface area contributed by atoms with E-state index in [1.54, 1.807) is 91.4 Å². The van der Waals surface area contributed by atoms with Crippen LogP contribution in [0.4, 0.5) is 17.1 Å². The number of carbonyl (C=O) groups is 6. The van der Waals surface area contributed by atoms with Crippen LogP contribution in [0, 0.1) is 0 Å². The maximum Gasteiger partial charge on any atom is 0.253 e. The Bertz CT molecular complexity index is 2400. The molecule has 12 N–H and O–H groups in total. The summed E-state index contributed by atoms with van der Waals surface area (Å²) >= 11 is 0. The first-order valence-electron chi connectivity index (χ1n) is 24.5. The number of benzene rings is 3. The molecule has 0 aliphatic heterocycles. The number of nitrogens with two attached hydrogens (primary N) is 3. The van der Waals surface area contributed by atoms with Crippen LogP contribution in [0.15, 0.2) is 146 Å². The number of hydrogen-bond acceptors (Lipinski definition) is 12. The van der Waals surface area contributed by atoms with Gasteiger partial charge in [0.05, 0.1) is 16.7 Å². The average molecular weight is 989 g/mol. The third-order valence-corrected chi connectivity index (χ3v) is 12.0. The number of amides is 6. The Hall–Kier alpha value is -8.19. The van der Waals surface area contributed by atoms with Crippen LogP contribution < -0.4 is 49.1 Å². The van der Waals surface area contributed by atoms with Crippen LogP contribution in [-0.2, 0) is 14.4 Å². The summed E-state index contributed by atoms with van der Waals surface area (Å²) in [5, 5.41) is 17.4. The molecule has 0 spiro atoms. The Morgan fingerprint density at radius 1 is 0.384 bits per heavy atom. The molecule has 6 aromatic rings. The maximum absolute atomic E-state index is 13.7. The van der Waals surface area contributed by atoms with Crippen LogP contribution in [0.1, 0.15) is 111 Å². The van der Waals surface area contributed by atoms with Gasteiger partial charge in [-0.15, -0.1) is 0 Å². The molecule has 0 saturated heterocycles. The van der Waals surface area contributed by atoms with Gasteiger partial charge in [0, 0.05) is 60.2 Å². The van der Waals surface area contributed by atoms with Crippen molar-refractivity contribution in [2.24, 2.45) is 17.2 Å². The molecule has 0 radical (unpaired) electrons. The predicted molar refractivity (Wildman–Crippen MR) is 281 cm³/mol. The average Bonchev–Trinajstić information content (AvgIpc) is 3.42. The van der Waals surface area contributed by atoms with Crippen LogP contribution in [0.5, 0.6) is 0 Å². The fourth-order valence-corrected chi connectivity index (χ4v) is 8.04. The molecule has 18 nitrogen and oxygen atoms in total. The van der Waals surface area contributed by atoms with E-state index in [0.29, 0.717) is 111 Å². The highest BCUT2D eigenvalue weighted by atomic mass is 16.2. The number of aromatic nitrogens is 3. The van der Waals surface area contributed by atoms with E-state index in [1.807, 2.05) is 36.4 Å². The molecule has 0 aliphatic rings. The maximum atomic E-state index is 13.7. The van der Waals surface area contributed by atoms with E-state index in [2.05, 4.69) is 46.9 Å². The molecule has 18 heteroatoms. The lowest BCUT2D eigenvalue weighted by Gasteiger charge is -2.22. The molecule has 3 heterocycles. The van der Waals surface area contributed by atoms with Crippen molar-refractivity contribution in [3.05, 3.63) is 180 Å². The van der Waals surface area contributed by atoms with Gasteiger partial charge < -0.3 is 49.1 Å². The van der Waals surface area contributed by atoms with E-state index in [9.17, 15) is 28.8 Å². The molecule has 3 atom stereocenters. The molecule has 73 heavy (non-hydrogen) atoms. The zero-order valence-corrected chi connectivity index (χ0v) is 40.7. The summed E-state index contributed by atoms with van der Waals surface area (Å²) in [6.07, 6.45) is 14.1. The third-order valence-electron chi connectivity index (χ3n) is 12.0. The fourth-order valence-electron chi connectivity index (χ4n) is 8.04. The SMILES string of the molecule is NCCCC[C@H](NC(=O)c1cccnc1)C(=O)Nc1ccc(C(c2ccc(NC(=O)[C@H](CCCCN)NC(=O)c3cccnc3)cc2)c2ccc(NC(=O)[C@H](CCCCN)NC(=O)c3cccnc3)cc2)cc1. The number of rotatable bonds is 27. The second-order valence-corrected chi connectivity index (χ2v) is 17.4. The largest absolute Gasteiger partial charge is 0.340 e. The van der Waals surface area contributed by atoms with Crippen LogP contribution in [0.25, 0.3) is 0 Å². The zero-order chi connectivity index (χ0) is 51.8. The van der Waals surface area contributed by atoms with Gasteiger partial charge in [-0.25, -0.2) is 0 Å². The smallest absolute Gasteiger partial charge is 0.253 e. The molecular formula is C55H64N12O6. The number of carbonyl (C=O) groups excluding carboxylic acids is 6. The molecule has 0 saturated carbocycles. The normalized spacial score (nSPS) is 12.2. The summed E-state index contributed by atoms with van der Waals surface area (Å²) in [7, 11) is 0. The minimum Gasteiger partial charge on any atom is -0.340 e. The molecule has 0 fully saturated rings. The van der Waals surface area contributed by atoms with E-state index in [0.717, 1.165) is 16.7 Å². The fraction of sp³-hybridized carbons (Fsp3) is 0.291. The van der Waals surface area contributed by atoms with Crippen molar-refractivity contribution in [3.8, 4) is 0 Å². The lowest BCUT2D eigenvalue weighted by atomic mass is 9.85. The molecule has 0 aliphatic carbocycles. The monoisotopic (exact) mass is 989 g/mol. The summed E-state index contributed by atoms with van der Waals surface area (Å²) in [5.74, 6) is -2.78. The summed E-state index contributed by atoms with van der Waals surface area (Å²) in [6, 6.07) is 29.5. The first kappa shape index (κ1) is 54.1. The van der Waals surface area contributed by atoms with Gasteiger partial charge >= 0.3 is 0 Å². The lowest BCUT2D eigenvalue weighted by Crippen LogP contribution is -2.43. The van der Waals surface area contributed by atoms with Crippen molar-refractivity contribution in [3.63, 3.8) is 0 Å². The summed E-state index contributed by atoms with van der Waals surface area (Å²) in [5.41, 5.74) is 22.3. The Balaban J connectivity index is 1.24. The van der Waals surface area contributed by atoms with Crippen LogP contribution in [-0.4, -0.2) is 88.2 Å². The van der Waals surface area contributed by atoms with Crippen molar-refractivity contribution in [1.82, 2.24) is 30.9 Å². The lowest BCUT2D eigenvalue weighted by molar-refractivity contribution is -0.118. The van der Waals surface area contributed by atoms with E-state index in [1.165, 1.54) is 18.6 Å². The first-order chi connectivity index (χ1) is 35.6. The Morgan fingerprint density at radius 3 is 0.890 bits per heavy atom. The van der Waals surface area contributed by atoms with Crippen molar-refractivity contribution >= 4 is 52.5 Å². The highest BCUT2D eigenvalue weighted by Gasteiger charge is 2.26. The topological polar surface area (TPSA) is 291 Å². The van der Waals surface area contributed by atoms with Gasteiger partial charge in [0.2, 0.25) is 17.7 Å². The summed E-state index contributed by atoms with van der Waals surface area (Å²) in [6.45, 7) is 1.36. The molecule has 0 bridgehead atoms. The number of pyridine rings is 3. The minimum atomic E-state index is -0.831. The molecule has 0 unspecified atom stereocenters. The third kappa shape index (κ3) is 16.7. The van der Waals surface area contributed by atoms with Crippen molar-refractivity contribution in [1.29, 1.82) is 0 Å². The second-order valence-electron chi connectivity index (χ2n) is 17.4. The number of nitrogens with zero attached hydrogens (tertiary/aromatic N) is 3. The van der Waals surface area contributed by atoms with Gasteiger partial charge in [-0.1, -0.05) is 36.4 Å². The number of nitrogens with one attached hydrogen (secondary N) is 6. The van der Waals surface area contributed by atoms with Crippen LogP contribution in [0.3, 0.4) is 0 Å². The standard InChI is InChI=1S/C55H64N12O6/c56-28-4-1-13-46(65-50(68)40-10-7-31-59-34-40)53(71)62-43-22-16-37(17-23-43)49(38-18-24-44(25-19-38)63-54(72)47(14-2-5-29-57)66-51(69)41-11-8-32-60-35-41)39-20-26-45(27-21-39)64-55(73)48(15-3-6-30-58)67-52(70)42-12-9-33-61-36-42/h7-12,16-27,31-36,46-49H,1-6,13-15,28-30,56-58H2,(H,62,71)(H,63,72)(H,64,73)(H,65,68)(H,66,69)(H,67,70)/t46-,47-,48-/m0/s1. The second kappa shape index (κ2) is 28.6. The number of anilines is 3. The summed E-state index contributed by atoms with van der Waals surface area (Å²) in [4.78, 5) is 92.4. The van der Waals surface area contributed by atoms with Crippen LogP contribution >= 0.6 is 0 Å². The molecule has 6 amide bonds. The van der Waals surface area contributed by atoms with Gasteiger partial charge in [0.15, 0.2) is 0 Å². The summed E-state index contributed by atoms with van der Waals surface area (Å²) < 4.78 is 0. The molecule has 3 aromatic carbocycles. The minimum absolute atomic E-state index is 0.334. The first-order valence-corrected chi connectivity index (χ1v) is 24.5. The van der Waals surface area contributed by atoms with E-state index >= 15 is 0 Å². The van der Waals surface area contributed by atoms with Gasteiger partial charge in [-0.05, 0) is 167 Å². The molecule has 6 rings (SSSR count). The van der Waals surface area contributed by atoms with Crippen molar-refractivity contribution in [2.75, 3.05) is 35.6 Å². The van der Waals surface area contributed by atoms with Gasteiger partial charge in [0.1, 0.15) is 18.1 Å². The van der Waals surface area contributed by atoms with Crippen LogP contribution in [0.2, 0.25) is 0 Å². The number of hydrogen-bond donors (Lipinski definition) is 9. The Morgan fingerprint density at radius 2 is 0.658 bits per heavy atom. The molecule has 380 valence electrons. The van der Waals surface area contributed by atoms with Crippen molar-refractivity contribution in [2.45, 2.75) is 81.8 Å². The molecule has 3 aromatic heterocycles. The van der Waals surface area contributed by atoms with Gasteiger partial charge in [0.25, 0.3) is 17.7 Å². The van der Waals surface area contributed by atoms with E-state index in [4.69, 9.17) is 17.2 Å². The zero-order valence-electron chi connectivity index (χ0n) is 40.7. The molecular weight excluding hydrogens is 925 g/mol. The van der Waals surface area contributed by atoms with E-state index < -0.39 is 35.8 Å².